The molecule has 0 radical (unpaired) electrons. The average molecular weight is 327 g/mol. The number of nitrogens with zero attached hydrogens (tertiary/aromatic N) is 1. The fraction of sp³-hybridized carbons (Fsp3) is 0.278. The Morgan fingerprint density at radius 3 is 2.62 bits per heavy atom. The van der Waals surface area contributed by atoms with E-state index in [1.165, 1.54) is 7.11 Å². The lowest BCUT2D eigenvalue weighted by Gasteiger charge is -2.15. The van der Waals surface area contributed by atoms with Crippen molar-refractivity contribution in [3.05, 3.63) is 56.6 Å². The molecule has 2 aromatic carbocycles. The maximum Gasteiger partial charge on any atom is 0.273 e. The average Bonchev–Trinajstić information content (AvgIpc) is 3.06. The Kier molecular flexibility index (Phi) is 4.20. The zero-order valence-electron chi connectivity index (χ0n) is 13.5. The third kappa shape index (κ3) is 2.71. The Morgan fingerprint density at radius 2 is 1.96 bits per heavy atom. The minimum Gasteiger partial charge on any atom is -0.496 e. The quantitative estimate of drug-likeness (QED) is 0.471. The molecule has 0 unspecified atom stereocenters. The van der Waals surface area contributed by atoms with Crippen molar-refractivity contribution in [2.45, 2.75) is 26.2 Å². The van der Waals surface area contributed by atoms with E-state index < -0.39 is 0 Å². The van der Waals surface area contributed by atoms with Gasteiger partial charge in [-0.2, -0.15) is 0 Å². The summed E-state index contributed by atoms with van der Waals surface area (Å²) in [6.07, 6.45) is 3.02. The lowest BCUT2D eigenvalue weighted by molar-refractivity contribution is -0.385. The van der Waals surface area contributed by atoms with Crippen LogP contribution in [0.1, 0.15) is 33.5 Å². The fourth-order valence-electron chi connectivity index (χ4n) is 3.16. The van der Waals surface area contributed by atoms with Gasteiger partial charge in [0.05, 0.1) is 17.6 Å². The van der Waals surface area contributed by atoms with E-state index in [9.17, 15) is 14.9 Å². The summed E-state index contributed by atoms with van der Waals surface area (Å²) in [5.41, 5.74) is 2.92. The first-order chi connectivity index (χ1) is 11.5. The molecule has 0 atom stereocenters. The number of nitro groups is 1. The molecule has 0 bridgehead atoms. The number of carbonyl (C=O) groups is 1. The number of benzene rings is 2. The molecular formula is C18H17NO5. The highest BCUT2D eigenvalue weighted by atomic mass is 16.6. The Morgan fingerprint density at radius 1 is 1.21 bits per heavy atom. The molecule has 0 aliphatic heterocycles. The predicted octanol–water partition coefficient (Wildman–Crippen LogP) is 4.01. The van der Waals surface area contributed by atoms with Gasteiger partial charge in [-0.1, -0.05) is 0 Å². The summed E-state index contributed by atoms with van der Waals surface area (Å²) < 4.78 is 11.1. The summed E-state index contributed by atoms with van der Waals surface area (Å²) in [6, 6.07) is 6.55. The second-order valence-electron chi connectivity index (χ2n) is 5.73. The molecule has 124 valence electrons. The molecule has 0 aromatic heterocycles. The van der Waals surface area contributed by atoms with E-state index >= 15 is 0 Å². The number of fused-ring (bicyclic) bond motifs is 1. The lowest BCUT2D eigenvalue weighted by Crippen LogP contribution is -2.00. The van der Waals surface area contributed by atoms with Crippen LogP contribution in [0.4, 0.5) is 5.69 Å². The van der Waals surface area contributed by atoms with Crippen LogP contribution >= 0.6 is 0 Å². The van der Waals surface area contributed by atoms with Crippen LogP contribution in [0.15, 0.2) is 24.3 Å². The second-order valence-corrected chi connectivity index (χ2v) is 5.73. The monoisotopic (exact) mass is 327 g/mol. The molecule has 0 fully saturated rings. The summed E-state index contributed by atoms with van der Waals surface area (Å²) in [6.45, 7) is 1.80. The van der Waals surface area contributed by atoms with Gasteiger partial charge < -0.3 is 9.47 Å². The van der Waals surface area contributed by atoms with Crippen LogP contribution in [0.2, 0.25) is 0 Å². The van der Waals surface area contributed by atoms with Crippen molar-refractivity contribution in [2.24, 2.45) is 0 Å². The molecule has 6 heteroatoms. The van der Waals surface area contributed by atoms with Crippen molar-refractivity contribution >= 4 is 12.0 Å². The third-order valence-corrected chi connectivity index (χ3v) is 4.26. The lowest BCUT2D eigenvalue weighted by atomic mass is 10.0. The van der Waals surface area contributed by atoms with Crippen molar-refractivity contribution in [3.63, 3.8) is 0 Å². The summed E-state index contributed by atoms with van der Waals surface area (Å²) in [5, 5.41) is 11.2. The van der Waals surface area contributed by atoms with Crippen LogP contribution in [0.3, 0.4) is 0 Å². The van der Waals surface area contributed by atoms with Crippen molar-refractivity contribution in [3.8, 4) is 17.2 Å². The van der Waals surface area contributed by atoms with Gasteiger partial charge in [0.15, 0.2) is 6.29 Å². The molecule has 0 spiro atoms. The summed E-state index contributed by atoms with van der Waals surface area (Å²) in [5.74, 6) is 1.63. The van der Waals surface area contributed by atoms with Gasteiger partial charge in [0.2, 0.25) is 0 Å². The van der Waals surface area contributed by atoms with Crippen LogP contribution in [0.25, 0.3) is 0 Å². The van der Waals surface area contributed by atoms with E-state index in [-0.39, 0.29) is 10.6 Å². The number of nitro benzene ring substituents is 1. The Hall–Kier alpha value is -2.89. The molecule has 6 nitrogen and oxygen atoms in total. The number of ether oxygens (including phenoxy) is 2. The number of methoxy groups -OCH3 is 1. The van der Waals surface area contributed by atoms with E-state index in [2.05, 4.69) is 0 Å². The first-order valence-electron chi connectivity index (χ1n) is 7.66. The third-order valence-electron chi connectivity index (χ3n) is 4.26. The highest BCUT2D eigenvalue weighted by Gasteiger charge is 2.27. The standard InChI is InChI=1S/C18H17NO5/c1-11-8-16(19(21)22)14-4-3-5-15(14)18(11)24-13-6-7-17(23-2)12(9-13)10-20/h6-10H,3-5H2,1-2H3. The summed E-state index contributed by atoms with van der Waals surface area (Å²) >= 11 is 0. The molecule has 1 aliphatic carbocycles. The maximum absolute atomic E-state index is 11.2. The Balaban J connectivity index is 2.04. The molecule has 1 aliphatic rings. The topological polar surface area (TPSA) is 78.7 Å². The Bertz CT molecular complexity index is 829. The molecule has 0 saturated carbocycles. The molecule has 3 rings (SSSR count). The largest absolute Gasteiger partial charge is 0.496 e. The van der Waals surface area contributed by atoms with Gasteiger partial charge in [-0.05, 0) is 49.9 Å². The molecule has 0 amide bonds. The number of rotatable bonds is 5. The van der Waals surface area contributed by atoms with Crippen LogP contribution in [-0.2, 0) is 12.8 Å². The zero-order valence-corrected chi connectivity index (χ0v) is 13.5. The first kappa shape index (κ1) is 16.0. The van der Waals surface area contributed by atoms with E-state index in [0.29, 0.717) is 41.1 Å². The minimum atomic E-state index is -0.335. The van der Waals surface area contributed by atoms with E-state index in [1.807, 2.05) is 0 Å². The van der Waals surface area contributed by atoms with Crippen LogP contribution < -0.4 is 9.47 Å². The van der Waals surface area contributed by atoms with Crippen molar-refractivity contribution in [1.82, 2.24) is 0 Å². The number of hydrogen-bond acceptors (Lipinski definition) is 5. The smallest absolute Gasteiger partial charge is 0.273 e. The van der Waals surface area contributed by atoms with Gasteiger partial charge in [-0.3, -0.25) is 14.9 Å². The number of aldehydes is 1. The van der Waals surface area contributed by atoms with Gasteiger partial charge in [-0.15, -0.1) is 0 Å². The number of carbonyl (C=O) groups excluding carboxylic acids is 1. The molecule has 24 heavy (non-hydrogen) atoms. The maximum atomic E-state index is 11.2. The minimum absolute atomic E-state index is 0.163. The van der Waals surface area contributed by atoms with Crippen molar-refractivity contribution in [2.75, 3.05) is 7.11 Å². The highest BCUT2D eigenvalue weighted by molar-refractivity contribution is 5.80. The SMILES string of the molecule is COc1ccc(Oc2c(C)cc([N+](=O)[O-])c3c2CCC3)cc1C=O. The predicted molar refractivity (Wildman–Crippen MR) is 88.3 cm³/mol. The number of aryl methyl sites for hydroxylation is 1. The molecule has 0 heterocycles. The van der Waals surface area contributed by atoms with Gasteiger partial charge in [0.1, 0.15) is 17.2 Å². The summed E-state index contributed by atoms with van der Waals surface area (Å²) in [7, 11) is 1.50. The number of hydrogen-bond donors (Lipinski definition) is 0. The van der Waals surface area contributed by atoms with E-state index in [0.717, 1.165) is 24.0 Å². The van der Waals surface area contributed by atoms with Gasteiger partial charge >= 0.3 is 0 Å². The molecule has 0 N–H and O–H groups in total. The normalized spacial score (nSPS) is 12.6. The van der Waals surface area contributed by atoms with Crippen LogP contribution in [0.5, 0.6) is 17.2 Å². The van der Waals surface area contributed by atoms with Gasteiger partial charge in [0.25, 0.3) is 5.69 Å². The van der Waals surface area contributed by atoms with Crippen molar-refractivity contribution < 1.29 is 19.2 Å². The fourth-order valence-corrected chi connectivity index (χ4v) is 3.16. The van der Waals surface area contributed by atoms with E-state index in [4.69, 9.17) is 9.47 Å². The van der Waals surface area contributed by atoms with Gasteiger partial charge in [0, 0.05) is 17.2 Å². The molecular weight excluding hydrogens is 310 g/mol. The highest BCUT2D eigenvalue weighted by Crippen LogP contribution is 2.41. The summed E-state index contributed by atoms with van der Waals surface area (Å²) in [4.78, 5) is 22.1. The Labute approximate surface area is 139 Å². The van der Waals surface area contributed by atoms with E-state index in [1.54, 1.807) is 31.2 Å². The van der Waals surface area contributed by atoms with Gasteiger partial charge in [-0.25, -0.2) is 0 Å². The molecule has 2 aromatic rings. The molecule has 0 saturated heterocycles. The zero-order chi connectivity index (χ0) is 17.3. The first-order valence-corrected chi connectivity index (χ1v) is 7.66. The second kappa shape index (κ2) is 6.31. The van der Waals surface area contributed by atoms with Crippen molar-refractivity contribution in [1.29, 1.82) is 0 Å². The van der Waals surface area contributed by atoms with Crippen LogP contribution in [-0.4, -0.2) is 18.3 Å². The van der Waals surface area contributed by atoms with Crippen LogP contribution in [0, 0.1) is 17.0 Å².